The van der Waals surface area contributed by atoms with E-state index in [-0.39, 0.29) is 11.7 Å². The number of phenols is 1. The highest BCUT2D eigenvalue weighted by Gasteiger charge is 1.98. The van der Waals surface area contributed by atoms with Gasteiger partial charge < -0.3 is 5.11 Å². The molecular weight excluding hydrogens is 192 g/mol. The van der Waals surface area contributed by atoms with Gasteiger partial charge in [-0.3, -0.25) is 10.2 Å². The molecule has 4 N–H and O–H groups in total. The lowest BCUT2D eigenvalue weighted by Gasteiger charge is -2.01. The van der Waals surface area contributed by atoms with Crippen molar-refractivity contribution in [2.75, 3.05) is 0 Å². The standard InChI is InChI=1S/C11H16N2O2/c12-13-11(15)4-2-1-3-9-5-7-10(14)8-6-9/h5-8,14H,1-4,12H2,(H,13,15). The Morgan fingerprint density at radius 1 is 1.27 bits per heavy atom. The molecule has 4 nitrogen and oxygen atoms in total. The minimum absolute atomic E-state index is 0.124. The van der Waals surface area contributed by atoms with Crippen molar-refractivity contribution in [3.8, 4) is 5.75 Å². The number of hydrazine groups is 1. The quantitative estimate of drug-likeness (QED) is 0.293. The van der Waals surface area contributed by atoms with Crippen LogP contribution in [0, 0.1) is 0 Å². The lowest BCUT2D eigenvalue weighted by molar-refractivity contribution is -0.121. The smallest absolute Gasteiger partial charge is 0.233 e. The highest BCUT2D eigenvalue weighted by Crippen LogP contribution is 2.12. The molecule has 0 saturated carbocycles. The molecule has 0 aliphatic rings. The molecule has 0 atom stereocenters. The fourth-order valence-corrected chi connectivity index (χ4v) is 1.35. The summed E-state index contributed by atoms with van der Waals surface area (Å²) in [6.07, 6.45) is 3.15. The van der Waals surface area contributed by atoms with Crippen LogP contribution in [0.1, 0.15) is 24.8 Å². The summed E-state index contributed by atoms with van der Waals surface area (Å²) in [7, 11) is 0. The summed E-state index contributed by atoms with van der Waals surface area (Å²) < 4.78 is 0. The number of nitrogens with one attached hydrogen (secondary N) is 1. The van der Waals surface area contributed by atoms with E-state index in [1.54, 1.807) is 12.1 Å². The maximum atomic E-state index is 10.8. The van der Waals surface area contributed by atoms with E-state index in [2.05, 4.69) is 5.43 Å². The molecule has 82 valence electrons. The Bertz CT molecular complexity index is 309. The van der Waals surface area contributed by atoms with Crippen molar-refractivity contribution < 1.29 is 9.90 Å². The Kier molecular flexibility index (Phi) is 4.63. The zero-order chi connectivity index (χ0) is 11.1. The number of nitrogens with two attached hydrogens (primary N) is 1. The molecule has 0 saturated heterocycles. The van der Waals surface area contributed by atoms with Gasteiger partial charge in [-0.05, 0) is 37.0 Å². The average Bonchev–Trinajstić information content (AvgIpc) is 2.26. The van der Waals surface area contributed by atoms with Gasteiger partial charge in [-0.15, -0.1) is 0 Å². The zero-order valence-electron chi connectivity index (χ0n) is 8.57. The lowest BCUT2D eigenvalue weighted by atomic mass is 10.1. The molecule has 0 aromatic heterocycles. The minimum Gasteiger partial charge on any atom is -0.508 e. The summed E-state index contributed by atoms with van der Waals surface area (Å²) in [6.45, 7) is 0. The number of aryl methyl sites for hydroxylation is 1. The highest BCUT2D eigenvalue weighted by molar-refractivity contribution is 5.75. The van der Waals surface area contributed by atoms with Crippen LogP contribution in [0.2, 0.25) is 0 Å². The second kappa shape index (κ2) is 6.03. The molecule has 0 spiro atoms. The van der Waals surface area contributed by atoms with Crippen LogP contribution < -0.4 is 11.3 Å². The van der Waals surface area contributed by atoms with E-state index in [0.717, 1.165) is 19.3 Å². The molecule has 0 unspecified atom stereocenters. The summed E-state index contributed by atoms with van der Waals surface area (Å²) in [6, 6.07) is 7.11. The van der Waals surface area contributed by atoms with E-state index >= 15 is 0 Å². The first kappa shape index (κ1) is 11.5. The van der Waals surface area contributed by atoms with E-state index in [1.165, 1.54) is 5.56 Å². The van der Waals surface area contributed by atoms with Crippen molar-refractivity contribution in [3.63, 3.8) is 0 Å². The number of phenolic OH excluding ortho intramolecular Hbond substituents is 1. The SMILES string of the molecule is NNC(=O)CCCCc1ccc(O)cc1. The van der Waals surface area contributed by atoms with Crippen molar-refractivity contribution in [3.05, 3.63) is 29.8 Å². The van der Waals surface area contributed by atoms with Crippen LogP contribution in [0.4, 0.5) is 0 Å². The van der Waals surface area contributed by atoms with Gasteiger partial charge in [-0.1, -0.05) is 12.1 Å². The summed E-state index contributed by atoms with van der Waals surface area (Å²) in [4.78, 5) is 10.8. The second-order valence-corrected chi connectivity index (χ2v) is 3.44. The monoisotopic (exact) mass is 208 g/mol. The molecule has 1 aromatic carbocycles. The maximum absolute atomic E-state index is 10.8. The van der Waals surface area contributed by atoms with Crippen LogP contribution >= 0.6 is 0 Å². The van der Waals surface area contributed by atoms with Gasteiger partial charge in [0.2, 0.25) is 5.91 Å². The number of carbonyl (C=O) groups is 1. The molecule has 4 heteroatoms. The maximum Gasteiger partial charge on any atom is 0.233 e. The molecule has 15 heavy (non-hydrogen) atoms. The summed E-state index contributed by atoms with van der Waals surface area (Å²) >= 11 is 0. The Morgan fingerprint density at radius 2 is 1.93 bits per heavy atom. The van der Waals surface area contributed by atoms with Crippen LogP contribution in [0.15, 0.2) is 24.3 Å². The first-order chi connectivity index (χ1) is 7.22. The third kappa shape index (κ3) is 4.46. The van der Waals surface area contributed by atoms with Gasteiger partial charge in [0.25, 0.3) is 0 Å². The number of benzene rings is 1. The minimum atomic E-state index is -0.124. The number of hydrogen-bond acceptors (Lipinski definition) is 3. The van der Waals surface area contributed by atoms with Crippen molar-refractivity contribution in [1.82, 2.24) is 5.43 Å². The number of rotatable bonds is 5. The van der Waals surface area contributed by atoms with Gasteiger partial charge in [0.05, 0.1) is 0 Å². The summed E-state index contributed by atoms with van der Waals surface area (Å²) in [5.41, 5.74) is 3.27. The van der Waals surface area contributed by atoms with Gasteiger partial charge in [-0.25, -0.2) is 5.84 Å². The molecule has 0 radical (unpaired) electrons. The van der Waals surface area contributed by atoms with Gasteiger partial charge >= 0.3 is 0 Å². The van der Waals surface area contributed by atoms with E-state index in [0.29, 0.717) is 6.42 Å². The zero-order valence-corrected chi connectivity index (χ0v) is 8.57. The molecule has 0 fully saturated rings. The van der Waals surface area contributed by atoms with E-state index in [9.17, 15) is 4.79 Å². The van der Waals surface area contributed by atoms with Gasteiger partial charge in [-0.2, -0.15) is 0 Å². The normalized spacial score (nSPS) is 9.93. The molecule has 1 amide bonds. The number of amides is 1. The second-order valence-electron chi connectivity index (χ2n) is 3.44. The Hall–Kier alpha value is -1.55. The first-order valence-electron chi connectivity index (χ1n) is 4.99. The van der Waals surface area contributed by atoms with E-state index in [4.69, 9.17) is 10.9 Å². The summed E-state index contributed by atoms with van der Waals surface area (Å²) in [5, 5.41) is 9.07. The molecule has 0 bridgehead atoms. The largest absolute Gasteiger partial charge is 0.508 e. The fraction of sp³-hybridized carbons (Fsp3) is 0.364. The molecule has 0 aliphatic heterocycles. The molecule has 1 rings (SSSR count). The fourth-order valence-electron chi connectivity index (χ4n) is 1.35. The van der Waals surface area contributed by atoms with Crippen LogP contribution in [-0.4, -0.2) is 11.0 Å². The van der Waals surface area contributed by atoms with Crippen LogP contribution in [0.5, 0.6) is 5.75 Å². The first-order valence-corrected chi connectivity index (χ1v) is 4.99. The predicted molar refractivity (Wildman–Crippen MR) is 58.0 cm³/mol. The number of aromatic hydroxyl groups is 1. The van der Waals surface area contributed by atoms with Crippen molar-refractivity contribution in [2.24, 2.45) is 5.84 Å². The lowest BCUT2D eigenvalue weighted by Crippen LogP contribution is -2.29. The number of unbranched alkanes of at least 4 members (excludes halogenated alkanes) is 1. The third-order valence-electron chi connectivity index (χ3n) is 2.22. The number of carbonyl (C=O) groups excluding carboxylic acids is 1. The van der Waals surface area contributed by atoms with Crippen molar-refractivity contribution in [1.29, 1.82) is 0 Å². The average molecular weight is 208 g/mol. The molecule has 0 aliphatic carbocycles. The van der Waals surface area contributed by atoms with Crippen molar-refractivity contribution in [2.45, 2.75) is 25.7 Å². The van der Waals surface area contributed by atoms with Gasteiger partial charge in [0.15, 0.2) is 0 Å². The van der Waals surface area contributed by atoms with Crippen LogP contribution in [0.3, 0.4) is 0 Å². The van der Waals surface area contributed by atoms with Gasteiger partial charge in [0, 0.05) is 6.42 Å². The van der Waals surface area contributed by atoms with E-state index in [1.807, 2.05) is 12.1 Å². The molecular formula is C11H16N2O2. The van der Waals surface area contributed by atoms with Crippen LogP contribution in [0.25, 0.3) is 0 Å². The Labute approximate surface area is 89.1 Å². The Morgan fingerprint density at radius 3 is 2.53 bits per heavy atom. The third-order valence-corrected chi connectivity index (χ3v) is 2.22. The molecule has 0 heterocycles. The topological polar surface area (TPSA) is 75.3 Å². The Balaban J connectivity index is 2.20. The van der Waals surface area contributed by atoms with E-state index < -0.39 is 0 Å². The van der Waals surface area contributed by atoms with Crippen LogP contribution in [-0.2, 0) is 11.2 Å². The highest BCUT2D eigenvalue weighted by atomic mass is 16.3. The predicted octanol–water partition coefficient (Wildman–Crippen LogP) is 1.09. The number of hydrogen-bond donors (Lipinski definition) is 3. The van der Waals surface area contributed by atoms with Crippen molar-refractivity contribution >= 4 is 5.91 Å². The molecule has 1 aromatic rings. The summed E-state index contributed by atoms with van der Waals surface area (Å²) in [5.74, 6) is 5.11. The van der Waals surface area contributed by atoms with Gasteiger partial charge in [0.1, 0.15) is 5.75 Å².